The SMILES string of the molecule is Nc1nc2c(ncn2[C@@H]2O[C@@H]3COP(O)(=S)O[C@H]4[C@@H](O)[C@H](n5cnc6c(N)ncnc65)O[C@@H]4COP(=O)(S)O[C@@H]2C3)c(=O)[nH]1. The Hall–Kier alpha value is -2.59. The molecule has 0 amide bonds. The van der Waals surface area contributed by atoms with Crippen LogP contribution in [0.25, 0.3) is 22.3 Å². The third kappa shape index (κ3) is 5.44. The zero-order valence-corrected chi connectivity index (χ0v) is 25.6. The van der Waals surface area contributed by atoms with Gasteiger partial charge in [0.25, 0.3) is 5.56 Å². The van der Waals surface area contributed by atoms with Gasteiger partial charge in [-0.25, -0.2) is 24.5 Å². The number of hydrogen-bond donors (Lipinski definition) is 6. The molecule has 236 valence electrons. The molecule has 7 N–H and O–H groups in total. The van der Waals surface area contributed by atoms with Gasteiger partial charge in [0.1, 0.15) is 36.3 Å². The topological polar surface area (TPSA) is 272 Å². The van der Waals surface area contributed by atoms with Crippen molar-refractivity contribution >= 4 is 71.7 Å². The zero-order valence-electron chi connectivity index (χ0n) is 22.1. The molecule has 3 fully saturated rings. The number of nitrogens with zero attached hydrogens (tertiary/aromatic N) is 7. The lowest BCUT2D eigenvalue weighted by atomic mass is 10.1. The lowest BCUT2D eigenvalue weighted by Crippen LogP contribution is -2.36. The van der Waals surface area contributed by atoms with Gasteiger partial charge < -0.3 is 35.5 Å². The maximum absolute atomic E-state index is 13.5. The number of anilines is 2. The average Bonchev–Trinajstić information content (AvgIpc) is 3.72. The first-order valence-electron chi connectivity index (χ1n) is 12.8. The largest absolute Gasteiger partial charge is 0.386 e. The normalized spacial score (nSPS) is 36.6. The molecule has 7 heterocycles. The lowest BCUT2D eigenvalue weighted by molar-refractivity contribution is -0.0582. The fourth-order valence-corrected chi connectivity index (χ4v) is 8.25. The van der Waals surface area contributed by atoms with Gasteiger partial charge in [0.2, 0.25) is 5.95 Å². The smallest absolute Gasteiger partial charge is 0.386 e. The maximum Gasteiger partial charge on any atom is 0.386 e. The van der Waals surface area contributed by atoms with Gasteiger partial charge in [-0.05, 0) is 11.8 Å². The Labute approximate surface area is 255 Å². The maximum atomic E-state index is 13.5. The van der Waals surface area contributed by atoms with Crippen molar-refractivity contribution in [1.82, 2.24) is 39.0 Å². The minimum absolute atomic E-state index is 0.0161. The Morgan fingerprint density at radius 1 is 1.00 bits per heavy atom. The summed E-state index contributed by atoms with van der Waals surface area (Å²) in [6, 6.07) is 0. The van der Waals surface area contributed by atoms with Gasteiger partial charge >= 0.3 is 13.5 Å². The second kappa shape index (κ2) is 11.0. The predicted molar refractivity (Wildman–Crippen MR) is 155 cm³/mol. The highest BCUT2D eigenvalue weighted by molar-refractivity contribution is 8.44. The molecule has 9 atom stereocenters. The Morgan fingerprint density at radius 2 is 1.75 bits per heavy atom. The van der Waals surface area contributed by atoms with Crippen molar-refractivity contribution in [2.24, 2.45) is 0 Å². The van der Waals surface area contributed by atoms with Crippen LogP contribution < -0.4 is 17.0 Å². The van der Waals surface area contributed by atoms with Crippen LogP contribution in [0, 0.1) is 0 Å². The summed E-state index contributed by atoms with van der Waals surface area (Å²) in [5, 5.41) is 11.3. The molecule has 7 rings (SSSR count). The number of ether oxygens (including phenoxy) is 2. The predicted octanol–water partition coefficient (Wildman–Crippen LogP) is -0.258. The van der Waals surface area contributed by atoms with E-state index in [1.54, 1.807) is 0 Å². The highest BCUT2D eigenvalue weighted by Crippen LogP contribution is 2.58. The van der Waals surface area contributed by atoms with Crippen LogP contribution in [0.3, 0.4) is 0 Å². The van der Waals surface area contributed by atoms with E-state index in [9.17, 15) is 19.4 Å². The molecule has 24 heteroatoms. The van der Waals surface area contributed by atoms with E-state index in [4.69, 9.17) is 50.8 Å². The molecule has 20 nitrogen and oxygen atoms in total. The van der Waals surface area contributed by atoms with Crippen molar-refractivity contribution in [3.8, 4) is 0 Å². The fraction of sp³-hybridized carbons (Fsp3) is 0.500. The molecule has 0 spiro atoms. The average molecular weight is 691 g/mol. The number of H-pyrrole nitrogens is 1. The zero-order chi connectivity index (χ0) is 31.0. The van der Waals surface area contributed by atoms with Crippen LogP contribution in [0.4, 0.5) is 11.8 Å². The van der Waals surface area contributed by atoms with E-state index < -0.39 is 68.7 Å². The highest BCUT2D eigenvalue weighted by Gasteiger charge is 2.50. The van der Waals surface area contributed by atoms with E-state index in [-0.39, 0.29) is 47.1 Å². The molecule has 3 saturated heterocycles. The Kier molecular flexibility index (Phi) is 7.55. The summed E-state index contributed by atoms with van der Waals surface area (Å²) in [5.74, 6) is -0.0463. The van der Waals surface area contributed by atoms with Gasteiger partial charge in [-0.15, -0.1) is 0 Å². The van der Waals surface area contributed by atoms with Crippen LogP contribution in [0.2, 0.25) is 0 Å². The Balaban J connectivity index is 1.19. The van der Waals surface area contributed by atoms with Gasteiger partial charge in [-0.3, -0.25) is 32.5 Å². The van der Waals surface area contributed by atoms with Crippen LogP contribution in [0.15, 0.2) is 23.8 Å². The number of nitrogens with one attached hydrogen (secondary N) is 1. The summed E-state index contributed by atoms with van der Waals surface area (Å²) in [4.78, 5) is 46.1. The summed E-state index contributed by atoms with van der Waals surface area (Å²) in [7, 11) is 0. The summed E-state index contributed by atoms with van der Waals surface area (Å²) in [6.07, 6.45) is -4.01. The first-order valence-corrected chi connectivity index (χ1v) is 18.1. The minimum Gasteiger partial charge on any atom is -0.386 e. The van der Waals surface area contributed by atoms with E-state index in [0.717, 1.165) is 0 Å². The number of aliphatic hydroxyl groups is 1. The molecule has 2 unspecified atom stereocenters. The summed E-state index contributed by atoms with van der Waals surface area (Å²) in [5.41, 5.74) is 11.6. The van der Waals surface area contributed by atoms with E-state index in [0.29, 0.717) is 0 Å². The first kappa shape index (κ1) is 30.1. The van der Waals surface area contributed by atoms with Crippen molar-refractivity contribution in [2.45, 2.75) is 49.4 Å². The Morgan fingerprint density at radius 3 is 2.55 bits per heavy atom. The summed E-state index contributed by atoms with van der Waals surface area (Å²) in [6.45, 7) is -8.99. The quantitative estimate of drug-likeness (QED) is 0.117. The fourth-order valence-electron chi connectivity index (χ4n) is 5.29. The molecule has 4 aromatic rings. The second-order valence-electron chi connectivity index (χ2n) is 10.0. The number of aliphatic hydroxyl groups excluding tert-OH is 1. The summed E-state index contributed by atoms with van der Waals surface area (Å²) >= 11 is 9.40. The number of thiol groups is 1. The van der Waals surface area contributed by atoms with Crippen LogP contribution in [-0.2, 0) is 43.9 Å². The van der Waals surface area contributed by atoms with Crippen LogP contribution >= 0.6 is 25.8 Å². The first-order chi connectivity index (χ1) is 20.9. The van der Waals surface area contributed by atoms with E-state index in [2.05, 4.69) is 42.2 Å². The standard InChI is InChI=1S/C20H24N10O10P2S2/c21-14-10-15(24-4-23-14)29(5-25-10)19-12(31)13-9(38-19)3-36-41(33,43)39-8-1-7(2-35-42(34,44)40-13)37-18(8)30-6-26-11-16(30)27-20(22)28-17(11)32/h4-9,12-13,18-19,31H,1-3H2,(H,33,43)(H,34,44)(H2,21,23,24)(H3,22,27,28,32)/t7-,8+,9+,12+,13+,18+,19+,41?,42?/m0/s1. The van der Waals surface area contributed by atoms with Gasteiger partial charge in [-0.1, -0.05) is 12.2 Å². The number of hydrogen-bond acceptors (Lipinski definition) is 17. The number of fused-ring (bicyclic) bond motifs is 5. The molecule has 4 aromatic heterocycles. The monoisotopic (exact) mass is 690 g/mol. The molecule has 2 bridgehead atoms. The Bertz CT molecular complexity index is 1910. The van der Waals surface area contributed by atoms with E-state index in [1.807, 2.05) is 0 Å². The molecule has 0 aliphatic carbocycles. The minimum atomic E-state index is -4.17. The molecular formula is C20H24N10O10P2S2. The molecule has 0 aromatic carbocycles. The highest BCUT2D eigenvalue weighted by atomic mass is 32.7. The van der Waals surface area contributed by atoms with Crippen LogP contribution in [0.5, 0.6) is 0 Å². The van der Waals surface area contributed by atoms with E-state index >= 15 is 0 Å². The van der Waals surface area contributed by atoms with Crippen molar-refractivity contribution in [2.75, 3.05) is 24.7 Å². The third-order valence-corrected chi connectivity index (χ3v) is 10.4. The molecule has 3 aliphatic heterocycles. The van der Waals surface area contributed by atoms with Crippen LogP contribution in [-0.4, -0.2) is 92.8 Å². The molecule has 3 aliphatic rings. The second-order valence-corrected chi connectivity index (χ2v) is 15.7. The number of nitrogens with two attached hydrogens (primary N) is 2. The van der Waals surface area contributed by atoms with Gasteiger partial charge in [0.05, 0.1) is 32.0 Å². The molecule has 0 saturated carbocycles. The lowest BCUT2D eigenvalue weighted by Gasteiger charge is -2.27. The number of rotatable bonds is 2. The molecule has 0 radical (unpaired) electrons. The molecule has 44 heavy (non-hydrogen) atoms. The van der Waals surface area contributed by atoms with E-state index in [1.165, 1.54) is 28.1 Å². The van der Waals surface area contributed by atoms with Crippen molar-refractivity contribution in [3.63, 3.8) is 0 Å². The van der Waals surface area contributed by atoms with Crippen molar-refractivity contribution in [3.05, 3.63) is 29.3 Å². The van der Waals surface area contributed by atoms with Gasteiger partial charge in [-0.2, -0.15) is 4.98 Å². The van der Waals surface area contributed by atoms with Crippen LogP contribution in [0.1, 0.15) is 18.9 Å². The van der Waals surface area contributed by atoms with Crippen molar-refractivity contribution < 1.29 is 42.1 Å². The third-order valence-electron chi connectivity index (χ3n) is 7.19. The number of aromatic nitrogens is 8. The number of nitrogen functional groups attached to an aromatic ring is 2. The van der Waals surface area contributed by atoms with Crippen molar-refractivity contribution in [1.29, 1.82) is 0 Å². The van der Waals surface area contributed by atoms with Gasteiger partial charge in [0, 0.05) is 6.42 Å². The molecular weight excluding hydrogens is 666 g/mol. The number of aromatic amines is 1. The number of imidazole rings is 2. The van der Waals surface area contributed by atoms with Gasteiger partial charge in [0.15, 0.2) is 35.1 Å². The summed E-state index contributed by atoms with van der Waals surface area (Å²) < 4.78 is 51.1.